The molecule has 44 heavy (non-hydrogen) atoms. The SMILES string of the molecule is COc1ccccc1C(=O)NCC1(c2ccccc2)CCC(NC(=O)NS(=O)(=O)c2cccc3c(N(C)C)cccc23)CC1. The predicted molar refractivity (Wildman–Crippen MR) is 173 cm³/mol. The Balaban J connectivity index is 1.26. The van der Waals surface area contributed by atoms with Crippen molar-refractivity contribution in [3.63, 3.8) is 0 Å². The van der Waals surface area contributed by atoms with Gasteiger partial charge in [-0.3, -0.25) is 4.79 Å². The molecule has 230 valence electrons. The van der Waals surface area contributed by atoms with E-state index in [0.29, 0.717) is 48.9 Å². The fraction of sp³-hybridized carbons (Fsp3) is 0.294. The highest BCUT2D eigenvalue weighted by atomic mass is 32.2. The number of benzene rings is 4. The van der Waals surface area contributed by atoms with E-state index in [1.165, 1.54) is 13.2 Å². The van der Waals surface area contributed by atoms with E-state index in [0.717, 1.165) is 16.6 Å². The second kappa shape index (κ2) is 13.0. The van der Waals surface area contributed by atoms with Gasteiger partial charge in [-0.1, -0.05) is 66.7 Å². The number of methoxy groups -OCH3 is 1. The van der Waals surface area contributed by atoms with Crippen molar-refractivity contribution in [3.05, 3.63) is 102 Å². The lowest BCUT2D eigenvalue weighted by Gasteiger charge is -2.41. The Morgan fingerprint density at radius 3 is 2.23 bits per heavy atom. The molecule has 0 bridgehead atoms. The monoisotopic (exact) mass is 614 g/mol. The standard InChI is InChI=1S/C34H38N4O5S/c1-38(2)29-16-9-15-27-26(29)14-10-18-31(27)44(41,42)37-33(40)36-25-19-21-34(22-20-25,24-11-5-4-6-12-24)23-35-32(39)28-13-7-8-17-30(28)43-3/h4-18,25H,19-23H2,1-3H3,(H,35,39)(H2,36,37,40). The topological polar surface area (TPSA) is 117 Å². The van der Waals surface area contributed by atoms with Gasteiger partial charge in [-0.05, 0) is 55.5 Å². The predicted octanol–water partition coefficient (Wildman–Crippen LogP) is 5.21. The maximum atomic E-state index is 13.3. The van der Waals surface area contributed by atoms with Crippen LogP contribution in [0.25, 0.3) is 10.8 Å². The maximum absolute atomic E-state index is 13.3. The second-order valence-electron chi connectivity index (χ2n) is 11.4. The number of hydrogen-bond donors (Lipinski definition) is 3. The molecule has 1 saturated carbocycles. The molecule has 3 N–H and O–H groups in total. The zero-order chi connectivity index (χ0) is 31.3. The number of ether oxygens (including phenoxy) is 1. The summed E-state index contributed by atoms with van der Waals surface area (Å²) in [4.78, 5) is 28.1. The van der Waals surface area contributed by atoms with E-state index >= 15 is 0 Å². The third-order valence-corrected chi connectivity index (χ3v) is 9.85. The fourth-order valence-electron chi connectivity index (χ4n) is 6.13. The van der Waals surface area contributed by atoms with Gasteiger partial charge in [0.15, 0.2) is 0 Å². The molecular formula is C34H38N4O5S. The van der Waals surface area contributed by atoms with Crippen LogP contribution in [0.5, 0.6) is 5.75 Å². The summed E-state index contributed by atoms with van der Waals surface area (Å²) in [5.41, 5.74) is 2.12. The van der Waals surface area contributed by atoms with Crippen LogP contribution in [-0.4, -0.2) is 54.1 Å². The normalized spacial score (nSPS) is 18.3. The summed E-state index contributed by atoms with van der Waals surface area (Å²) >= 11 is 0. The minimum absolute atomic E-state index is 0.0476. The number of rotatable bonds is 9. The van der Waals surface area contributed by atoms with Gasteiger partial charge in [0.05, 0.1) is 17.6 Å². The number of hydrogen-bond acceptors (Lipinski definition) is 6. The van der Waals surface area contributed by atoms with Crippen molar-refractivity contribution in [2.24, 2.45) is 0 Å². The highest BCUT2D eigenvalue weighted by Gasteiger charge is 2.38. The van der Waals surface area contributed by atoms with Gasteiger partial charge in [-0.2, -0.15) is 0 Å². The highest BCUT2D eigenvalue weighted by molar-refractivity contribution is 7.90. The van der Waals surface area contributed by atoms with E-state index in [9.17, 15) is 18.0 Å². The van der Waals surface area contributed by atoms with Crippen molar-refractivity contribution in [2.75, 3.05) is 32.6 Å². The summed E-state index contributed by atoms with van der Waals surface area (Å²) in [6, 6.07) is 26.7. The van der Waals surface area contributed by atoms with Crippen molar-refractivity contribution in [3.8, 4) is 5.75 Å². The largest absolute Gasteiger partial charge is 0.496 e. The van der Waals surface area contributed by atoms with Crippen molar-refractivity contribution in [1.29, 1.82) is 0 Å². The van der Waals surface area contributed by atoms with E-state index in [1.807, 2.05) is 55.4 Å². The number of nitrogens with zero attached hydrogens (tertiary/aromatic N) is 1. The molecule has 9 nitrogen and oxygen atoms in total. The lowest BCUT2D eigenvalue weighted by molar-refractivity contribution is 0.0932. The summed E-state index contributed by atoms with van der Waals surface area (Å²) in [5.74, 6) is 0.294. The van der Waals surface area contributed by atoms with E-state index < -0.39 is 16.1 Å². The van der Waals surface area contributed by atoms with Crippen molar-refractivity contribution < 1.29 is 22.7 Å². The summed E-state index contributed by atoms with van der Waals surface area (Å²) < 4.78 is 34.3. The smallest absolute Gasteiger partial charge is 0.328 e. The molecule has 0 radical (unpaired) electrons. The molecular weight excluding hydrogens is 576 g/mol. The van der Waals surface area contributed by atoms with Gasteiger partial charge in [0, 0.05) is 48.6 Å². The number of anilines is 1. The average molecular weight is 615 g/mol. The highest BCUT2D eigenvalue weighted by Crippen LogP contribution is 2.39. The second-order valence-corrected chi connectivity index (χ2v) is 13.1. The van der Waals surface area contributed by atoms with Crippen LogP contribution < -0.4 is 25.0 Å². The molecule has 4 aromatic carbocycles. The summed E-state index contributed by atoms with van der Waals surface area (Å²) in [6.45, 7) is 0.414. The molecule has 0 unspecified atom stereocenters. The Kier molecular flexibility index (Phi) is 9.10. The number of fused-ring (bicyclic) bond motifs is 1. The summed E-state index contributed by atoms with van der Waals surface area (Å²) in [7, 11) is 1.20. The Hall–Kier alpha value is -4.57. The van der Waals surface area contributed by atoms with Gasteiger partial charge in [0.2, 0.25) is 0 Å². The molecule has 0 saturated heterocycles. The Morgan fingerprint density at radius 1 is 0.864 bits per heavy atom. The molecule has 0 spiro atoms. The van der Waals surface area contributed by atoms with Gasteiger partial charge in [-0.15, -0.1) is 0 Å². The van der Waals surface area contributed by atoms with E-state index in [-0.39, 0.29) is 22.3 Å². The zero-order valence-corrected chi connectivity index (χ0v) is 26.0. The van der Waals surface area contributed by atoms with Gasteiger partial charge in [-0.25, -0.2) is 17.9 Å². The fourth-order valence-corrected chi connectivity index (χ4v) is 7.27. The molecule has 0 aromatic heterocycles. The minimum atomic E-state index is -4.13. The van der Waals surface area contributed by atoms with Crippen molar-refractivity contribution >= 4 is 38.4 Å². The number of amides is 3. The first kappa shape index (κ1) is 30.9. The maximum Gasteiger partial charge on any atom is 0.328 e. The number of carbonyl (C=O) groups excluding carboxylic acids is 2. The Morgan fingerprint density at radius 2 is 1.52 bits per heavy atom. The van der Waals surface area contributed by atoms with E-state index in [4.69, 9.17) is 4.74 Å². The third-order valence-electron chi connectivity index (χ3n) is 8.46. The van der Waals surface area contributed by atoms with Crippen molar-refractivity contribution in [2.45, 2.75) is 42.0 Å². The van der Waals surface area contributed by atoms with Crippen LogP contribution in [0.1, 0.15) is 41.6 Å². The number of para-hydroxylation sites is 1. The van der Waals surface area contributed by atoms with Crippen LogP contribution in [0.15, 0.2) is 95.9 Å². The molecule has 3 amide bonds. The van der Waals surface area contributed by atoms with Gasteiger partial charge in [0.1, 0.15) is 5.75 Å². The molecule has 1 fully saturated rings. The number of sulfonamides is 1. The zero-order valence-electron chi connectivity index (χ0n) is 25.2. The lowest BCUT2D eigenvalue weighted by atomic mass is 9.68. The molecule has 4 aromatic rings. The van der Waals surface area contributed by atoms with E-state index in [1.54, 1.807) is 36.4 Å². The quantitative estimate of drug-likeness (QED) is 0.238. The molecule has 10 heteroatoms. The number of carbonyl (C=O) groups is 2. The number of nitrogens with one attached hydrogen (secondary N) is 3. The van der Waals surface area contributed by atoms with Crippen LogP contribution in [-0.2, 0) is 15.4 Å². The van der Waals surface area contributed by atoms with Gasteiger partial charge >= 0.3 is 6.03 Å². The first-order chi connectivity index (χ1) is 21.1. The molecule has 1 aliphatic rings. The van der Waals surface area contributed by atoms with Crippen LogP contribution in [0.3, 0.4) is 0 Å². The molecule has 0 heterocycles. The Labute approximate surface area is 258 Å². The average Bonchev–Trinajstić information content (AvgIpc) is 3.03. The molecule has 0 atom stereocenters. The molecule has 5 rings (SSSR count). The third kappa shape index (κ3) is 6.50. The first-order valence-corrected chi connectivity index (χ1v) is 16.1. The van der Waals surface area contributed by atoms with Crippen LogP contribution in [0, 0.1) is 0 Å². The van der Waals surface area contributed by atoms with Gasteiger partial charge in [0.25, 0.3) is 15.9 Å². The van der Waals surface area contributed by atoms with Crippen LogP contribution in [0.2, 0.25) is 0 Å². The molecule has 1 aliphatic carbocycles. The summed E-state index contributed by atoms with van der Waals surface area (Å²) in [6.07, 6.45) is 2.62. The summed E-state index contributed by atoms with van der Waals surface area (Å²) in [5, 5.41) is 7.31. The van der Waals surface area contributed by atoms with Gasteiger partial charge < -0.3 is 20.3 Å². The van der Waals surface area contributed by atoms with Crippen LogP contribution in [0.4, 0.5) is 10.5 Å². The van der Waals surface area contributed by atoms with E-state index in [2.05, 4.69) is 27.5 Å². The lowest BCUT2D eigenvalue weighted by Crippen LogP contribution is -2.50. The van der Waals surface area contributed by atoms with Crippen molar-refractivity contribution in [1.82, 2.24) is 15.4 Å². The minimum Gasteiger partial charge on any atom is -0.496 e. The molecule has 0 aliphatic heterocycles. The Bertz CT molecular complexity index is 1750. The number of urea groups is 1. The van der Waals surface area contributed by atoms with Crippen LogP contribution >= 0.6 is 0 Å². The first-order valence-electron chi connectivity index (χ1n) is 14.6.